The number of nitrogens with one attached hydrogen (secondary N) is 1. The molecule has 0 radical (unpaired) electrons. The molecular formula is C13H20N4O2S. The van der Waals surface area contributed by atoms with Crippen LogP contribution in [0.15, 0.2) is 5.16 Å². The van der Waals surface area contributed by atoms with Crippen LogP contribution in [0.4, 0.5) is 0 Å². The molecule has 110 valence electrons. The summed E-state index contributed by atoms with van der Waals surface area (Å²) in [5.41, 5.74) is 0. The molecule has 20 heavy (non-hydrogen) atoms. The van der Waals surface area contributed by atoms with Gasteiger partial charge in [0.1, 0.15) is 5.82 Å². The molecule has 1 aromatic heterocycles. The summed E-state index contributed by atoms with van der Waals surface area (Å²) >= 11 is 1.46. The maximum absolute atomic E-state index is 11.8. The van der Waals surface area contributed by atoms with Crippen molar-refractivity contribution in [2.45, 2.75) is 49.9 Å². The van der Waals surface area contributed by atoms with Crippen molar-refractivity contribution in [3.8, 4) is 0 Å². The van der Waals surface area contributed by atoms with E-state index in [9.17, 15) is 4.79 Å². The van der Waals surface area contributed by atoms with Crippen molar-refractivity contribution >= 4 is 17.7 Å². The van der Waals surface area contributed by atoms with Crippen LogP contribution in [0.2, 0.25) is 0 Å². The van der Waals surface area contributed by atoms with Crippen LogP contribution in [-0.4, -0.2) is 45.7 Å². The van der Waals surface area contributed by atoms with Crippen molar-refractivity contribution in [2.75, 3.05) is 18.9 Å². The number of hydrogen-bond donors (Lipinski definition) is 1. The van der Waals surface area contributed by atoms with Gasteiger partial charge in [0.25, 0.3) is 0 Å². The number of amides is 1. The molecule has 7 heteroatoms. The summed E-state index contributed by atoms with van der Waals surface area (Å²) in [6.07, 6.45) is 4.72. The largest absolute Gasteiger partial charge is 0.376 e. The van der Waals surface area contributed by atoms with Crippen LogP contribution >= 0.6 is 11.8 Å². The van der Waals surface area contributed by atoms with Crippen molar-refractivity contribution in [1.29, 1.82) is 0 Å². The average molecular weight is 296 g/mol. The second kappa shape index (κ2) is 6.13. The Morgan fingerprint density at radius 1 is 1.45 bits per heavy atom. The van der Waals surface area contributed by atoms with E-state index in [1.165, 1.54) is 24.6 Å². The zero-order valence-corrected chi connectivity index (χ0v) is 12.5. The monoisotopic (exact) mass is 296 g/mol. The molecule has 1 aromatic rings. The zero-order chi connectivity index (χ0) is 13.9. The highest BCUT2D eigenvalue weighted by Gasteiger charge is 2.28. The fraction of sp³-hybridized carbons (Fsp3) is 0.769. The molecule has 1 saturated heterocycles. The zero-order valence-electron chi connectivity index (χ0n) is 11.7. The van der Waals surface area contributed by atoms with E-state index in [4.69, 9.17) is 4.74 Å². The molecule has 2 fully saturated rings. The van der Waals surface area contributed by atoms with Gasteiger partial charge in [0.15, 0.2) is 5.16 Å². The summed E-state index contributed by atoms with van der Waals surface area (Å²) in [4.78, 5) is 11.8. The fourth-order valence-corrected chi connectivity index (χ4v) is 3.30. The lowest BCUT2D eigenvalue weighted by molar-refractivity contribution is -0.119. The Morgan fingerprint density at radius 2 is 2.30 bits per heavy atom. The lowest BCUT2D eigenvalue weighted by atomic mass is 10.2. The van der Waals surface area contributed by atoms with E-state index in [-0.39, 0.29) is 12.0 Å². The summed E-state index contributed by atoms with van der Waals surface area (Å²) < 4.78 is 7.63. The molecule has 6 nitrogen and oxygen atoms in total. The lowest BCUT2D eigenvalue weighted by Crippen LogP contribution is -2.32. The van der Waals surface area contributed by atoms with Crippen molar-refractivity contribution < 1.29 is 9.53 Å². The molecule has 0 unspecified atom stereocenters. The molecular weight excluding hydrogens is 276 g/mol. The molecule has 1 amide bonds. The summed E-state index contributed by atoms with van der Waals surface area (Å²) in [6, 6.07) is 0.544. The summed E-state index contributed by atoms with van der Waals surface area (Å²) in [5, 5.41) is 12.0. The Kier molecular flexibility index (Phi) is 4.26. The van der Waals surface area contributed by atoms with E-state index in [1.54, 1.807) is 0 Å². The summed E-state index contributed by atoms with van der Waals surface area (Å²) in [6.45, 7) is 3.40. The third-order valence-corrected chi connectivity index (χ3v) is 4.57. The Bertz CT molecular complexity index is 481. The third-order valence-electron chi connectivity index (χ3n) is 3.63. The molecule has 0 spiro atoms. The molecule has 2 heterocycles. The molecule has 0 aromatic carbocycles. The maximum Gasteiger partial charge on any atom is 0.230 e. The second-order valence-corrected chi connectivity index (χ2v) is 6.30. The minimum Gasteiger partial charge on any atom is -0.376 e. The van der Waals surface area contributed by atoms with Gasteiger partial charge >= 0.3 is 0 Å². The predicted octanol–water partition coefficient (Wildman–Crippen LogP) is 1.31. The smallest absolute Gasteiger partial charge is 0.230 e. The van der Waals surface area contributed by atoms with Gasteiger partial charge in [-0.05, 0) is 32.6 Å². The van der Waals surface area contributed by atoms with Gasteiger partial charge in [0.05, 0.1) is 11.9 Å². The van der Waals surface area contributed by atoms with E-state index < -0.39 is 0 Å². The molecule has 0 bridgehead atoms. The Labute approximate surface area is 122 Å². The van der Waals surface area contributed by atoms with E-state index in [2.05, 4.69) is 20.1 Å². The van der Waals surface area contributed by atoms with E-state index in [0.717, 1.165) is 30.4 Å². The fourth-order valence-electron chi connectivity index (χ4n) is 2.42. The molecule has 3 rings (SSSR count). The minimum atomic E-state index is 0.0356. The number of nitrogens with zero attached hydrogens (tertiary/aromatic N) is 3. The lowest BCUT2D eigenvalue weighted by Gasteiger charge is -2.10. The molecule has 1 N–H and O–H groups in total. The standard InChI is InChI=1S/C13H20N4O2S/c1-9-15-16-13(17(9)10-4-5-10)20-8-12(18)14-7-11-3-2-6-19-11/h10-11H,2-8H2,1H3,(H,14,18)/t11-/m0/s1. The highest BCUT2D eigenvalue weighted by molar-refractivity contribution is 7.99. The van der Waals surface area contributed by atoms with Gasteiger partial charge in [-0.3, -0.25) is 4.79 Å². The highest BCUT2D eigenvalue weighted by atomic mass is 32.2. The van der Waals surface area contributed by atoms with Crippen molar-refractivity contribution in [1.82, 2.24) is 20.1 Å². The number of hydrogen-bond acceptors (Lipinski definition) is 5. The first-order valence-corrected chi connectivity index (χ1v) is 8.15. The number of rotatable bonds is 6. The van der Waals surface area contributed by atoms with Crippen LogP contribution in [0.5, 0.6) is 0 Å². The van der Waals surface area contributed by atoms with Gasteiger partial charge < -0.3 is 14.6 Å². The number of aryl methyl sites for hydroxylation is 1. The maximum atomic E-state index is 11.8. The summed E-state index contributed by atoms with van der Waals surface area (Å²) in [5.74, 6) is 1.36. The van der Waals surface area contributed by atoms with E-state index in [0.29, 0.717) is 18.3 Å². The van der Waals surface area contributed by atoms with Gasteiger partial charge in [-0.25, -0.2) is 0 Å². The first-order chi connectivity index (χ1) is 9.74. The predicted molar refractivity (Wildman–Crippen MR) is 75.7 cm³/mol. The van der Waals surface area contributed by atoms with Crippen molar-refractivity contribution in [3.05, 3.63) is 5.82 Å². The first-order valence-electron chi connectivity index (χ1n) is 7.16. The molecule has 1 saturated carbocycles. The topological polar surface area (TPSA) is 69.0 Å². The molecule has 2 aliphatic rings. The van der Waals surface area contributed by atoms with Gasteiger partial charge in [-0.1, -0.05) is 11.8 Å². The van der Waals surface area contributed by atoms with E-state index >= 15 is 0 Å². The van der Waals surface area contributed by atoms with Crippen LogP contribution in [0.1, 0.15) is 37.5 Å². The number of aromatic nitrogens is 3. The van der Waals surface area contributed by atoms with Crippen LogP contribution in [-0.2, 0) is 9.53 Å². The quantitative estimate of drug-likeness (QED) is 0.802. The van der Waals surface area contributed by atoms with Gasteiger partial charge in [-0.15, -0.1) is 10.2 Å². The van der Waals surface area contributed by atoms with Crippen LogP contribution < -0.4 is 5.32 Å². The Hall–Kier alpha value is -1.08. The third kappa shape index (κ3) is 3.32. The van der Waals surface area contributed by atoms with E-state index in [1.807, 2.05) is 6.92 Å². The summed E-state index contributed by atoms with van der Waals surface area (Å²) in [7, 11) is 0. The average Bonchev–Trinajstić information content (AvgIpc) is 3.00. The SMILES string of the molecule is Cc1nnc(SCC(=O)NC[C@@H]2CCCO2)n1C1CC1. The van der Waals surface area contributed by atoms with Crippen molar-refractivity contribution in [3.63, 3.8) is 0 Å². The molecule has 1 aliphatic carbocycles. The van der Waals surface area contributed by atoms with Gasteiger partial charge in [-0.2, -0.15) is 0 Å². The number of carbonyl (C=O) groups is 1. The molecule has 1 aliphatic heterocycles. The van der Waals surface area contributed by atoms with Crippen LogP contribution in [0.3, 0.4) is 0 Å². The Balaban J connectivity index is 1.45. The number of ether oxygens (including phenoxy) is 1. The first kappa shape index (κ1) is 13.9. The molecule has 1 atom stereocenters. The van der Waals surface area contributed by atoms with Crippen LogP contribution in [0, 0.1) is 6.92 Å². The van der Waals surface area contributed by atoms with Crippen molar-refractivity contribution in [2.24, 2.45) is 0 Å². The van der Waals surface area contributed by atoms with Gasteiger partial charge in [0.2, 0.25) is 5.91 Å². The highest BCUT2D eigenvalue weighted by Crippen LogP contribution is 2.38. The number of carbonyl (C=O) groups excluding carboxylic acids is 1. The van der Waals surface area contributed by atoms with Crippen LogP contribution in [0.25, 0.3) is 0 Å². The Morgan fingerprint density at radius 3 is 3.00 bits per heavy atom. The number of thioether (sulfide) groups is 1. The second-order valence-electron chi connectivity index (χ2n) is 5.36. The normalized spacial score (nSPS) is 22.1. The van der Waals surface area contributed by atoms with Gasteiger partial charge in [0, 0.05) is 19.2 Å². The minimum absolute atomic E-state index is 0.0356.